The van der Waals surface area contributed by atoms with Crippen molar-refractivity contribution in [1.82, 2.24) is 34.3 Å². The van der Waals surface area contributed by atoms with Gasteiger partial charge in [0.15, 0.2) is 0 Å². The number of carbonyl (C=O) groups excluding carboxylic acids is 1. The quantitative estimate of drug-likeness (QED) is 0.401. The van der Waals surface area contributed by atoms with Crippen LogP contribution in [0.2, 0.25) is 0 Å². The second kappa shape index (κ2) is 9.78. The maximum Gasteiger partial charge on any atom is 0.277 e. The lowest BCUT2D eigenvalue weighted by Crippen LogP contribution is -2.35. The van der Waals surface area contributed by atoms with Gasteiger partial charge in [-0.3, -0.25) is 19.4 Å². The van der Waals surface area contributed by atoms with Crippen LogP contribution in [-0.4, -0.2) is 51.8 Å². The first-order valence-electron chi connectivity index (χ1n) is 10.9. The molecule has 2 N–H and O–H groups in total. The number of amides is 1. The number of aryl methyl sites for hydroxylation is 2. The molecule has 172 valence electrons. The molecule has 0 aliphatic rings. The Bertz CT molecular complexity index is 1290. The number of benzene rings is 1. The van der Waals surface area contributed by atoms with Crippen molar-refractivity contribution in [3.8, 4) is 0 Å². The largest absolute Gasteiger partial charge is 0.386 e. The van der Waals surface area contributed by atoms with Crippen molar-refractivity contribution in [3.05, 3.63) is 81.8 Å². The van der Waals surface area contributed by atoms with Gasteiger partial charge in [0, 0.05) is 36.8 Å². The lowest BCUT2D eigenvalue weighted by Gasteiger charge is -2.25. The molecule has 4 aromatic rings. The van der Waals surface area contributed by atoms with E-state index in [1.165, 1.54) is 10.8 Å². The van der Waals surface area contributed by atoms with Gasteiger partial charge in [-0.2, -0.15) is 9.61 Å². The number of aliphatic hydroxyl groups is 1. The standard InChI is InChI=1S/C23H27N7O3/c1-3-29-13-18(11-25-29)20(31)14-28(12-17-7-5-4-6-8-17)21(32)10-9-19-16(2)27-23-24-15-26-30(23)22(19)33/h4-8,11,13,15,20,31H,3,9-10,12,14H2,1-2H3,(H,24,26,27). The zero-order chi connectivity index (χ0) is 23.4. The van der Waals surface area contributed by atoms with Crippen LogP contribution in [-0.2, 0) is 24.3 Å². The molecule has 0 bridgehead atoms. The molecule has 0 aliphatic carbocycles. The topological polar surface area (TPSA) is 121 Å². The molecular formula is C23H27N7O3. The molecule has 3 aromatic heterocycles. The molecular weight excluding hydrogens is 422 g/mol. The van der Waals surface area contributed by atoms with Gasteiger partial charge in [0.05, 0.1) is 24.5 Å². The van der Waals surface area contributed by atoms with E-state index in [1.807, 2.05) is 37.3 Å². The van der Waals surface area contributed by atoms with Crippen LogP contribution >= 0.6 is 0 Å². The molecule has 1 aromatic carbocycles. The van der Waals surface area contributed by atoms with Crippen molar-refractivity contribution in [2.24, 2.45) is 0 Å². The van der Waals surface area contributed by atoms with E-state index in [2.05, 4.69) is 20.2 Å². The predicted octanol–water partition coefficient (Wildman–Crippen LogP) is 1.64. The molecule has 0 aliphatic heterocycles. The molecule has 4 rings (SSSR count). The number of nitrogens with one attached hydrogen (secondary N) is 1. The summed E-state index contributed by atoms with van der Waals surface area (Å²) in [5.74, 6) is 0.142. The summed E-state index contributed by atoms with van der Waals surface area (Å²) in [6.07, 6.45) is 4.30. The van der Waals surface area contributed by atoms with Gasteiger partial charge in [-0.15, -0.1) is 0 Å². The van der Waals surface area contributed by atoms with E-state index in [9.17, 15) is 14.7 Å². The van der Waals surface area contributed by atoms with Gasteiger partial charge in [0.2, 0.25) is 5.91 Å². The van der Waals surface area contributed by atoms with E-state index < -0.39 is 6.10 Å². The third-order valence-corrected chi connectivity index (χ3v) is 5.65. The van der Waals surface area contributed by atoms with Crippen LogP contribution in [0.5, 0.6) is 0 Å². The molecule has 3 heterocycles. The first-order chi connectivity index (χ1) is 16.0. The van der Waals surface area contributed by atoms with Gasteiger partial charge in [0.1, 0.15) is 6.33 Å². The van der Waals surface area contributed by atoms with Crippen molar-refractivity contribution < 1.29 is 9.90 Å². The monoisotopic (exact) mass is 449 g/mol. The third-order valence-electron chi connectivity index (χ3n) is 5.65. The Morgan fingerprint density at radius 3 is 2.79 bits per heavy atom. The number of hydrogen-bond acceptors (Lipinski definition) is 6. The van der Waals surface area contributed by atoms with Gasteiger partial charge in [-0.25, -0.2) is 9.97 Å². The number of hydrogen-bond donors (Lipinski definition) is 2. The fourth-order valence-electron chi connectivity index (χ4n) is 3.77. The maximum absolute atomic E-state index is 13.2. The number of nitrogens with zero attached hydrogens (tertiary/aromatic N) is 6. The van der Waals surface area contributed by atoms with Crippen LogP contribution in [0.1, 0.15) is 41.8 Å². The number of fused-ring (bicyclic) bond motifs is 1. The highest BCUT2D eigenvalue weighted by Gasteiger charge is 2.21. The Labute approximate surface area is 190 Å². The number of H-pyrrole nitrogens is 1. The van der Waals surface area contributed by atoms with Crippen LogP contribution in [0.25, 0.3) is 5.78 Å². The Morgan fingerprint density at radius 1 is 1.27 bits per heavy atom. The summed E-state index contributed by atoms with van der Waals surface area (Å²) in [7, 11) is 0. The Hall–Kier alpha value is -3.79. The second-order valence-corrected chi connectivity index (χ2v) is 7.91. The zero-order valence-electron chi connectivity index (χ0n) is 18.7. The summed E-state index contributed by atoms with van der Waals surface area (Å²) >= 11 is 0. The first-order valence-corrected chi connectivity index (χ1v) is 10.9. The Balaban J connectivity index is 1.52. The van der Waals surface area contributed by atoms with Crippen LogP contribution in [0.15, 0.2) is 53.8 Å². The molecule has 1 atom stereocenters. The lowest BCUT2D eigenvalue weighted by atomic mass is 10.1. The van der Waals surface area contributed by atoms with E-state index >= 15 is 0 Å². The second-order valence-electron chi connectivity index (χ2n) is 7.91. The molecule has 0 radical (unpaired) electrons. The van der Waals surface area contributed by atoms with Crippen LogP contribution in [0, 0.1) is 6.92 Å². The highest BCUT2D eigenvalue weighted by Crippen LogP contribution is 2.17. The normalized spacial score (nSPS) is 12.2. The fraction of sp³-hybridized carbons (Fsp3) is 0.348. The number of aliphatic hydroxyl groups excluding tert-OH is 1. The van der Waals surface area contributed by atoms with Crippen molar-refractivity contribution in [1.29, 1.82) is 0 Å². The number of rotatable bonds is 9. The summed E-state index contributed by atoms with van der Waals surface area (Å²) in [6.45, 7) is 4.89. The fourth-order valence-corrected chi connectivity index (χ4v) is 3.77. The molecule has 0 saturated heterocycles. The van der Waals surface area contributed by atoms with Crippen molar-refractivity contribution >= 4 is 11.7 Å². The van der Waals surface area contributed by atoms with Crippen molar-refractivity contribution in [2.45, 2.75) is 45.9 Å². The highest BCUT2D eigenvalue weighted by molar-refractivity contribution is 5.76. The van der Waals surface area contributed by atoms with Crippen molar-refractivity contribution in [2.75, 3.05) is 6.54 Å². The van der Waals surface area contributed by atoms with E-state index in [0.29, 0.717) is 35.7 Å². The SMILES string of the molecule is CCn1cc(C(O)CN(Cc2ccccc2)C(=O)CCc2c(C)nc3nc[nH]n3c2=O)cn1. The molecule has 0 fully saturated rings. The third kappa shape index (κ3) is 5.01. The Morgan fingerprint density at radius 2 is 2.06 bits per heavy atom. The molecule has 1 amide bonds. The zero-order valence-corrected chi connectivity index (χ0v) is 18.7. The molecule has 1 unspecified atom stereocenters. The van der Waals surface area contributed by atoms with Gasteiger partial charge in [0.25, 0.3) is 11.3 Å². The average Bonchev–Trinajstić information content (AvgIpc) is 3.48. The minimum absolute atomic E-state index is 0.117. The van der Waals surface area contributed by atoms with Crippen LogP contribution in [0.4, 0.5) is 0 Å². The minimum Gasteiger partial charge on any atom is -0.386 e. The van der Waals surface area contributed by atoms with Crippen LogP contribution in [0.3, 0.4) is 0 Å². The molecule has 10 heteroatoms. The van der Waals surface area contributed by atoms with Crippen molar-refractivity contribution in [3.63, 3.8) is 0 Å². The summed E-state index contributed by atoms with van der Waals surface area (Å²) in [5.41, 5.74) is 2.38. The highest BCUT2D eigenvalue weighted by atomic mass is 16.3. The predicted molar refractivity (Wildman–Crippen MR) is 121 cm³/mol. The van der Waals surface area contributed by atoms with E-state index in [-0.39, 0.29) is 30.9 Å². The van der Waals surface area contributed by atoms with E-state index in [1.54, 1.807) is 28.9 Å². The maximum atomic E-state index is 13.2. The number of aromatic amines is 1. The number of aromatic nitrogens is 6. The van der Waals surface area contributed by atoms with Gasteiger partial charge >= 0.3 is 0 Å². The minimum atomic E-state index is -0.867. The lowest BCUT2D eigenvalue weighted by molar-refractivity contribution is -0.133. The molecule has 0 spiro atoms. The van der Waals surface area contributed by atoms with Gasteiger partial charge in [-0.05, 0) is 25.8 Å². The van der Waals surface area contributed by atoms with E-state index in [0.717, 1.165) is 5.56 Å². The van der Waals surface area contributed by atoms with Gasteiger partial charge < -0.3 is 10.0 Å². The molecule has 10 nitrogen and oxygen atoms in total. The first kappa shape index (κ1) is 22.4. The van der Waals surface area contributed by atoms with Crippen LogP contribution < -0.4 is 5.56 Å². The average molecular weight is 450 g/mol. The van der Waals surface area contributed by atoms with E-state index in [4.69, 9.17) is 0 Å². The summed E-state index contributed by atoms with van der Waals surface area (Å²) < 4.78 is 3.00. The summed E-state index contributed by atoms with van der Waals surface area (Å²) in [6, 6.07) is 9.62. The number of carbonyl (C=O) groups is 1. The summed E-state index contributed by atoms with van der Waals surface area (Å²) in [5, 5.41) is 17.7. The molecule has 0 saturated carbocycles. The van der Waals surface area contributed by atoms with Gasteiger partial charge in [-0.1, -0.05) is 30.3 Å². The summed E-state index contributed by atoms with van der Waals surface area (Å²) in [4.78, 5) is 35.9. The smallest absolute Gasteiger partial charge is 0.277 e. The molecule has 33 heavy (non-hydrogen) atoms. The Kier molecular flexibility index (Phi) is 6.64.